The number of aromatic carboxylic acids is 1. The van der Waals surface area contributed by atoms with Gasteiger partial charge >= 0.3 is 5.97 Å². The number of rotatable bonds is 6. The van der Waals surface area contributed by atoms with E-state index < -0.39 is 5.97 Å². The molecule has 35 heavy (non-hydrogen) atoms. The minimum atomic E-state index is -0.971. The molecule has 1 aromatic heterocycles. The lowest BCUT2D eigenvalue weighted by Gasteiger charge is -2.39. The summed E-state index contributed by atoms with van der Waals surface area (Å²) in [6.07, 6.45) is 13.1. The molecular formula is C26H37N5O3S. The van der Waals surface area contributed by atoms with Gasteiger partial charge in [0.2, 0.25) is 5.91 Å². The smallest absolute Gasteiger partial charge is 0.348 e. The lowest BCUT2D eigenvalue weighted by atomic mass is 9.80. The number of amides is 1. The van der Waals surface area contributed by atoms with Gasteiger partial charge in [-0.05, 0) is 94.6 Å². The van der Waals surface area contributed by atoms with Gasteiger partial charge in [-0.3, -0.25) is 10.2 Å². The van der Waals surface area contributed by atoms with E-state index in [0.717, 1.165) is 49.8 Å². The Hall–Kier alpha value is -2.55. The molecule has 0 aromatic carbocycles. The van der Waals surface area contributed by atoms with Crippen LogP contribution >= 0.6 is 11.3 Å². The van der Waals surface area contributed by atoms with E-state index in [1.807, 2.05) is 11.0 Å². The second-order valence-electron chi connectivity index (χ2n) is 10.4. The fraction of sp³-hybridized carbons (Fsp3) is 0.654. The van der Waals surface area contributed by atoms with Crippen molar-refractivity contribution in [3.05, 3.63) is 21.9 Å². The zero-order valence-electron chi connectivity index (χ0n) is 20.5. The van der Waals surface area contributed by atoms with Gasteiger partial charge in [0, 0.05) is 22.8 Å². The van der Waals surface area contributed by atoms with Crippen LogP contribution in [0.5, 0.6) is 0 Å². The lowest BCUT2D eigenvalue weighted by molar-refractivity contribution is -0.124. The number of nitrogens with zero attached hydrogens (tertiary/aromatic N) is 3. The van der Waals surface area contributed by atoms with Gasteiger partial charge in [-0.25, -0.2) is 4.79 Å². The number of hydrogen-bond acceptors (Lipinski definition) is 5. The van der Waals surface area contributed by atoms with Crippen molar-refractivity contribution in [1.82, 2.24) is 0 Å². The molecule has 3 aliphatic rings. The second-order valence-corrected chi connectivity index (χ2v) is 11.4. The molecule has 0 radical (unpaired) electrons. The van der Waals surface area contributed by atoms with Crippen LogP contribution in [0.25, 0.3) is 5.57 Å². The highest BCUT2D eigenvalue weighted by Crippen LogP contribution is 2.42. The van der Waals surface area contributed by atoms with Gasteiger partial charge in [0.1, 0.15) is 10.7 Å². The van der Waals surface area contributed by atoms with Gasteiger partial charge in [-0.2, -0.15) is 0 Å². The maximum absolute atomic E-state index is 14.0. The average Bonchev–Trinajstić information content (AvgIpc) is 3.31. The molecule has 1 aromatic rings. The molecule has 2 fully saturated rings. The van der Waals surface area contributed by atoms with Crippen LogP contribution in [-0.2, 0) is 4.79 Å². The van der Waals surface area contributed by atoms with E-state index in [-0.39, 0.29) is 34.5 Å². The number of nitrogens with two attached hydrogens (primary N) is 1. The van der Waals surface area contributed by atoms with Gasteiger partial charge in [0.25, 0.3) is 0 Å². The average molecular weight is 500 g/mol. The van der Waals surface area contributed by atoms with Gasteiger partial charge in [-0.15, -0.1) is 16.5 Å². The van der Waals surface area contributed by atoms with E-state index in [1.165, 1.54) is 23.3 Å². The highest BCUT2D eigenvalue weighted by Gasteiger charge is 2.38. The van der Waals surface area contributed by atoms with Crippen molar-refractivity contribution >= 4 is 40.3 Å². The van der Waals surface area contributed by atoms with Crippen LogP contribution in [0.4, 0.5) is 5.69 Å². The van der Waals surface area contributed by atoms with Gasteiger partial charge in [0.05, 0.1) is 5.69 Å². The van der Waals surface area contributed by atoms with Crippen LogP contribution in [0.2, 0.25) is 0 Å². The summed E-state index contributed by atoms with van der Waals surface area (Å²) < 4.78 is 0. The summed E-state index contributed by atoms with van der Waals surface area (Å²) in [7, 11) is 0. The first-order valence-electron chi connectivity index (χ1n) is 13.0. The summed E-state index contributed by atoms with van der Waals surface area (Å²) >= 11 is 1.31. The van der Waals surface area contributed by atoms with Crippen LogP contribution in [0.15, 0.2) is 22.5 Å². The normalized spacial score (nSPS) is 27.4. The van der Waals surface area contributed by atoms with Crippen LogP contribution in [0, 0.1) is 23.2 Å². The van der Waals surface area contributed by atoms with E-state index in [0.29, 0.717) is 37.3 Å². The van der Waals surface area contributed by atoms with Crippen molar-refractivity contribution in [2.75, 3.05) is 4.90 Å². The Morgan fingerprint density at radius 1 is 1.09 bits per heavy atom. The van der Waals surface area contributed by atoms with Crippen molar-refractivity contribution < 1.29 is 14.7 Å². The van der Waals surface area contributed by atoms with Gasteiger partial charge in [-0.1, -0.05) is 18.2 Å². The monoisotopic (exact) mass is 499 g/mol. The molecule has 0 spiro atoms. The molecule has 1 heterocycles. The first kappa shape index (κ1) is 25.5. The lowest BCUT2D eigenvalue weighted by Crippen LogP contribution is -2.47. The SMILES string of the molecule is CC1CCC(C(=O)N(c2cc(C3=CCCCC3)sc2C(=O)O)C2CCC(C(=N)N=NN)CC2)CC1. The topological polar surface area (TPSA) is 132 Å². The number of thiophene rings is 1. The summed E-state index contributed by atoms with van der Waals surface area (Å²) in [5, 5.41) is 25.2. The molecule has 0 aliphatic heterocycles. The van der Waals surface area contributed by atoms with E-state index >= 15 is 0 Å². The van der Waals surface area contributed by atoms with Gasteiger partial charge < -0.3 is 15.8 Å². The van der Waals surface area contributed by atoms with Crippen molar-refractivity contribution in [3.8, 4) is 0 Å². The fourth-order valence-corrected chi connectivity index (χ4v) is 6.94. The standard InChI is InChI=1S/C26H37N5O3S/c1-16-7-9-19(10-8-16)25(32)31(20-13-11-18(12-14-20)24(27)29-30-28)21-15-22(35-23(21)26(33)34)17-5-3-2-4-6-17/h5,15-16,18-20H,2-4,6-14H2,1H3,(H,33,34)(H3,27,28,29). The summed E-state index contributed by atoms with van der Waals surface area (Å²) in [5.74, 6) is 4.95. The number of carbonyl (C=O) groups excluding carboxylic acids is 1. The fourth-order valence-electron chi connectivity index (χ4n) is 5.88. The highest BCUT2D eigenvalue weighted by molar-refractivity contribution is 7.15. The predicted octanol–water partition coefficient (Wildman–Crippen LogP) is 6.42. The molecule has 4 rings (SSSR count). The summed E-state index contributed by atoms with van der Waals surface area (Å²) in [6.45, 7) is 2.24. The number of carboxylic acid groups (broad SMARTS) is 1. The highest BCUT2D eigenvalue weighted by atomic mass is 32.1. The van der Waals surface area contributed by atoms with Crippen LogP contribution in [-0.4, -0.2) is 28.9 Å². The number of anilines is 1. The van der Waals surface area contributed by atoms with Crippen molar-refractivity contribution in [3.63, 3.8) is 0 Å². The third kappa shape index (κ3) is 5.82. The Labute approximate surface area is 211 Å². The third-order valence-corrected chi connectivity index (χ3v) is 9.18. The quantitative estimate of drug-likeness (QED) is 0.137. The van der Waals surface area contributed by atoms with Gasteiger partial charge in [0.15, 0.2) is 0 Å². The molecule has 0 bridgehead atoms. The molecule has 0 atom stereocenters. The summed E-state index contributed by atoms with van der Waals surface area (Å²) in [6, 6.07) is 1.88. The van der Waals surface area contributed by atoms with Crippen molar-refractivity contribution in [2.45, 2.75) is 90.0 Å². The van der Waals surface area contributed by atoms with Crippen molar-refractivity contribution in [2.24, 2.45) is 33.9 Å². The molecule has 3 aliphatic carbocycles. The van der Waals surface area contributed by atoms with Crippen molar-refractivity contribution in [1.29, 1.82) is 5.41 Å². The number of carbonyl (C=O) groups is 2. The maximum Gasteiger partial charge on any atom is 0.348 e. The zero-order valence-corrected chi connectivity index (χ0v) is 21.4. The number of allylic oxidation sites excluding steroid dienone is 2. The third-order valence-electron chi connectivity index (χ3n) is 7.99. The Balaban J connectivity index is 1.66. The Morgan fingerprint density at radius 3 is 2.37 bits per heavy atom. The molecular weight excluding hydrogens is 462 g/mol. The molecule has 8 nitrogen and oxygen atoms in total. The van der Waals surface area contributed by atoms with E-state index in [9.17, 15) is 14.7 Å². The molecule has 0 unspecified atom stereocenters. The second kappa shape index (κ2) is 11.5. The largest absolute Gasteiger partial charge is 0.477 e. The minimum absolute atomic E-state index is 0.0320. The summed E-state index contributed by atoms with van der Waals surface area (Å²) in [4.78, 5) is 29.4. The molecule has 2 saturated carbocycles. The number of hydrogen-bond donors (Lipinski definition) is 3. The Bertz CT molecular complexity index is 1000. The molecule has 4 N–H and O–H groups in total. The Morgan fingerprint density at radius 2 is 1.77 bits per heavy atom. The van der Waals surface area contributed by atoms with Crippen LogP contribution in [0.3, 0.4) is 0 Å². The van der Waals surface area contributed by atoms with E-state index in [2.05, 4.69) is 23.3 Å². The first-order chi connectivity index (χ1) is 16.9. The number of amidine groups is 1. The first-order valence-corrected chi connectivity index (χ1v) is 13.8. The predicted molar refractivity (Wildman–Crippen MR) is 139 cm³/mol. The molecule has 9 heteroatoms. The maximum atomic E-state index is 14.0. The van der Waals surface area contributed by atoms with E-state index in [1.54, 1.807) is 0 Å². The molecule has 190 valence electrons. The number of nitrogens with one attached hydrogen (secondary N) is 1. The molecule has 0 saturated heterocycles. The number of carboxylic acids is 1. The van der Waals surface area contributed by atoms with Crippen LogP contribution < -0.4 is 10.7 Å². The Kier molecular flexibility index (Phi) is 8.36. The minimum Gasteiger partial charge on any atom is -0.477 e. The summed E-state index contributed by atoms with van der Waals surface area (Å²) in [5.41, 5.74) is 1.77. The van der Waals surface area contributed by atoms with E-state index in [4.69, 9.17) is 11.3 Å². The zero-order chi connectivity index (χ0) is 24.9. The molecule has 1 amide bonds. The van der Waals surface area contributed by atoms with Crippen LogP contribution in [0.1, 0.15) is 98.5 Å².